The molecule has 0 saturated heterocycles. The summed E-state index contributed by atoms with van der Waals surface area (Å²) in [7, 11) is 0. The first-order valence-corrected chi connectivity index (χ1v) is 5.66. The highest BCUT2D eigenvalue weighted by atomic mass is 19.4. The summed E-state index contributed by atoms with van der Waals surface area (Å²) in [6, 6.07) is 1.88. The van der Waals surface area contributed by atoms with E-state index in [1.807, 2.05) is 19.9 Å². The fourth-order valence-corrected chi connectivity index (χ4v) is 1.73. The van der Waals surface area contributed by atoms with Crippen LogP contribution in [-0.2, 0) is 0 Å². The highest BCUT2D eigenvalue weighted by Crippen LogP contribution is 2.27. The van der Waals surface area contributed by atoms with Crippen LogP contribution in [0.15, 0.2) is 28.4 Å². The maximum atomic E-state index is 12.4. The lowest BCUT2D eigenvalue weighted by Gasteiger charge is -2.12. The maximum absolute atomic E-state index is 12.4. The Bertz CT molecular complexity index is 448. The molecule has 1 aliphatic rings. The molecule has 1 aliphatic heterocycles. The van der Waals surface area contributed by atoms with Gasteiger partial charge in [0.25, 0.3) is 0 Å². The average Bonchev–Trinajstić information content (AvgIpc) is 2.34. The normalized spacial score (nSPS) is 20.8. The van der Waals surface area contributed by atoms with E-state index in [-0.39, 0.29) is 11.6 Å². The molecule has 0 aromatic rings. The predicted octanol–water partition coefficient (Wildman–Crippen LogP) is 4.02. The molecule has 0 bridgehead atoms. The first-order chi connectivity index (χ1) is 8.23. The van der Waals surface area contributed by atoms with Crippen molar-refractivity contribution >= 4 is 5.71 Å². The zero-order valence-corrected chi connectivity index (χ0v) is 10.5. The number of aliphatic imine (C=N–C) groups is 1. The molecule has 0 N–H and O–H groups in total. The maximum Gasteiger partial charge on any atom is 0.394 e. The Morgan fingerprint density at radius 3 is 2.50 bits per heavy atom. The summed E-state index contributed by atoms with van der Waals surface area (Å²) in [5.74, 6) is -0.756. The summed E-state index contributed by atoms with van der Waals surface area (Å²) < 4.78 is 37.3. The molecule has 5 heteroatoms. The SMILES string of the molecule is CC1=CC(C(C)C)=CC(C#N)C(CC(F)(F)F)=N1. The molecule has 0 aliphatic carbocycles. The van der Waals surface area contributed by atoms with Crippen molar-refractivity contribution in [1.82, 2.24) is 0 Å². The van der Waals surface area contributed by atoms with Gasteiger partial charge in [0.2, 0.25) is 0 Å². The smallest absolute Gasteiger partial charge is 0.260 e. The Morgan fingerprint density at radius 1 is 1.44 bits per heavy atom. The zero-order valence-electron chi connectivity index (χ0n) is 10.5. The van der Waals surface area contributed by atoms with E-state index in [2.05, 4.69) is 4.99 Å². The molecule has 0 aromatic carbocycles. The van der Waals surface area contributed by atoms with E-state index in [9.17, 15) is 13.2 Å². The van der Waals surface area contributed by atoms with Gasteiger partial charge in [0.15, 0.2) is 0 Å². The van der Waals surface area contributed by atoms with Crippen LogP contribution in [0.5, 0.6) is 0 Å². The van der Waals surface area contributed by atoms with Crippen molar-refractivity contribution in [2.24, 2.45) is 16.8 Å². The van der Waals surface area contributed by atoms with E-state index in [0.29, 0.717) is 5.70 Å². The molecule has 1 atom stereocenters. The first kappa shape index (κ1) is 14.5. The van der Waals surface area contributed by atoms with E-state index >= 15 is 0 Å². The number of rotatable bonds is 2. The third-order valence-corrected chi connectivity index (χ3v) is 2.60. The summed E-state index contributed by atoms with van der Waals surface area (Å²) in [5, 5.41) is 9.00. The molecule has 0 radical (unpaired) electrons. The van der Waals surface area contributed by atoms with E-state index in [0.717, 1.165) is 5.57 Å². The monoisotopic (exact) mass is 256 g/mol. The second-order valence-electron chi connectivity index (χ2n) is 4.61. The topological polar surface area (TPSA) is 36.1 Å². The van der Waals surface area contributed by atoms with Gasteiger partial charge in [-0.1, -0.05) is 19.9 Å². The van der Waals surface area contributed by atoms with Gasteiger partial charge in [0.05, 0.1) is 12.5 Å². The van der Waals surface area contributed by atoms with Gasteiger partial charge in [-0.25, -0.2) is 0 Å². The third-order valence-electron chi connectivity index (χ3n) is 2.60. The number of alkyl halides is 3. The van der Waals surface area contributed by atoms with Crippen molar-refractivity contribution in [3.8, 4) is 6.07 Å². The molecule has 2 nitrogen and oxygen atoms in total. The van der Waals surface area contributed by atoms with Gasteiger partial charge in [0, 0.05) is 11.4 Å². The van der Waals surface area contributed by atoms with Gasteiger partial charge in [-0.2, -0.15) is 18.4 Å². The number of hydrogen-bond acceptors (Lipinski definition) is 2. The summed E-state index contributed by atoms with van der Waals surface area (Å²) in [6.45, 7) is 5.50. The minimum atomic E-state index is -4.34. The third kappa shape index (κ3) is 4.02. The minimum Gasteiger partial charge on any atom is -0.260 e. The first-order valence-electron chi connectivity index (χ1n) is 5.66. The van der Waals surface area contributed by atoms with Crippen LogP contribution >= 0.6 is 0 Å². The number of halogens is 3. The van der Waals surface area contributed by atoms with Crippen LogP contribution in [0, 0.1) is 23.2 Å². The Morgan fingerprint density at radius 2 is 2.06 bits per heavy atom. The Hall–Kier alpha value is -1.57. The lowest BCUT2D eigenvalue weighted by molar-refractivity contribution is -0.121. The lowest BCUT2D eigenvalue weighted by Crippen LogP contribution is -2.20. The van der Waals surface area contributed by atoms with E-state index in [4.69, 9.17) is 5.26 Å². The second kappa shape index (κ2) is 5.38. The molecule has 0 spiro atoms. The van der Waals surface area contributed by atoms with Gasteiger partial charge in [-0.05, 0) is 24.5 Å². The summed E-state index contributed by atoms with van der Waals surface area (Å²) in [6.07, 6.45) is -2.17. The zero-order chi connectivity index (χ0) is 13.9. The molecule has 1 rings (SSSR count). The number of hydrogen-bond donors (Lipinski definition) is 0. The molecule has 0 amide bonds. The van der Waals surface area contributed by atoms with E-state index < -0.39 is 18.5 Å². The lowest BCUT2D eigenvalue weighted by atomic mass is 9.95. The summed E-state index contributed by atoms with van der Waals surface area (Å²) in [4.78, 5) is 3.93. The van der Waals surface area contributed by atoms with Crippen LogP contribution < -0.4 is 0 Å². The Kier molecular flexibility index (Phi) is 4.33. The fourth-order valence-electron chi connectivity index (χ4n) is 1.73. The molecular formula is C13H15F3N2. The molecule has 1 unspecified atom stereocenters. The molecular weight excluding hydrogens is 241 g/mol. The largest absolute Gasteiger partial charge is 0.394 e. The van der Waals surface area contributed by atoms with E-state index in [1.165, 1.54) is 0 Å². The van der Waals surface area contributed by atoms with Crippen molar-refractivity contribution in [3.05, 3.63) is 23.4 Å². The van der Waals surface area contributed by atoms with Gasteiger partial charge >= 0.3 is 6.18 Å². The number of nitrogens with zero attached hydrogens (tertiary/aromatic N) is 2. The van der Waals surface area contributed by atoms with Crippen molar-refractivity contribution in [2.45, 2.75) is 33.4 Å². The van der Waals surface area contributed by atoms with Gasteiger partial charge < -0.3 is 0 Å². The predicted molar refractivity (Wildman–Crippen MR) is 63.9 cm³/mol. The molecule has 1 heterocycles. The molecule has 0 saturated carbocycles. The van der Waals surface area contributed by atoms with Gasteiger partial charge in [-0.15, -0.1) is 0 Å². The standard InChI is InChI=1S/C13H15F3N2/c1-8(2)10-4-9(3)18-12(6-13(14,15)16)11(5-10)7-17/h4-5,8,11H,6H2,1-3H3. The second-order valence-corrected chi connectivity index (χ2v) is 4.61. The van der Waals surface area contributed by atoms with Crippen LogP contribution in [0.4, 0.5) is 13.2 Å². The van der Waals surface area contributed by atoms with E-state index in [1.54, 1.807) is 19.1 Å². The van der Waals surface area contributed by atoms with Crippen LogP contribution in [0.3, 0.4) is 0 Å². The van der Waals surface area contributed by atoms with Gasteiger partial charge in [-0.3, -0.25) is 4.99 Å². The van der Waals surface area contributed by atoms with Crippen LogP contribution in [0.1, 0.15) is 27.2 Å². The van der Waals surface area contributed by atoms with Crippen LogP contribution in [0.2, 0.25) is 0 Å². The Labute approximate surface area is 105 Å². The molecule has 98 valence electrons. The summed E-state index contributed by atoms with van der Waals surface area (Å²) in [5.41, 5.74) is 1.22. The number of allylic oxidation sites excluding steroid dienone is 4. The molecule has 18 heavy (non-hydrogen) atoms. The number of nitriles is 1. The minimum absolute atomic E-state index is 0.130. The average molecular weight is 256 g/mol. The highest BCUT2D eigenvalue weighted by molar-refractivity contribution is 5.92. The fraction of sp³-hybridized carbons (Fsp3) is 0.538. The highest BCUT2D eigenvalue weighted by Gasteiger charge is 2.33. The van der Waals surface area contributed by atoms with Gasteiger partial charge in [0.1, 0.15) is 5.92 Å². The quantitative estimate of drug-likeness (QED) is 0.735. The van der Waals surface area contributed by atoms with Crippen molar-refractivity contribution in [2.75, 3.05) is 0 Å². The molecule has 0 fully saturated rings. The van der Waals surface area contributed by atoms with Crippen molar-refractivity contribution in [1.29, 1.82) is 5.26 Å². The Balaban J connectivity index is 3.13. The van der Waals surface area contributed by atoms with Crippen molar-refractivity contribution in [3.63, 3.8) is 0 Å². The summed E-state index contributed by atoms with van der Waals surface area (Å²) >= 11 is 0. The van der Waals surface area contributed by atoms with Crippen molar-refractivity contribution < 1.29 is 13.2 Å². The van der Waals surface area contributed by atoms with Crippen LogP contribution in [0.25, 0.3) is 0 Å². The molecule has 0 aromatic heterocycles. The van der Waals surface area contributed by atoms with Crippen LogP contribution in [-0.4, -0.2) is 11.9 Å².